The molecule has 1 aromatic carbocycles. The lowest BCUT2D eigenvalue weighted by Crippen LogP contribution is -2.34. The lowest BCUT2D eigenvalue weighted by Gasteiger charge is -2.24. The number of piperidine rings is 1. The van der Waals surface area contributed by atoms with Crippen LogP contribution in [0, 0.1) is 5.41 Å². The monoisotopic (exact) mass is 354 g/mol. The van der Waals surface area contributed by atoms with Crippen molar-refractivity contribution in [2.45, 2.75) is 18.9 Å². The van der Waals surface area contributed by atoms with E-state index in [-0.39, 0.29) is 17.2 Å². The number of benzene rings is 1. The molecule has 0 atom stereocenters. The fourth-order valence-electron chi connectivity index (χ4n) is 3.02. The number of hydrogen-bond donors (Lipinski definition) is 3. The minimum atomic E-state index is -0.229. The number of hydrogen-bond acceptors (Lipinski definition) is 6. The van der Waals surface area contributed by atoms with Crippen LogP contribution in [0.5, 0.6) is 5.75 Å². The number of amides is 1. The number of rotatable bonds is 3. The van der Waals surface area contributed by atoms with Gasteiger partial charge in [-0.05, 0) is 67.5 Å². The molecule has 0 bridgehead atoms. The maximum Gasteiger partial charge on any atom is 0.264 e. The van der Waals surface area contributed by atoms with E-state index in [0.717, 1.165) is 59.9 Å². The van der Waals surface area contributed by atoms with Crippen LogP contribution in [-0.2, 0) is 4.79 Å². The number of fused-ring (bicyclic) bond motifs is 1. The van der Waals surface area contributed by atoms with Crippen molar-refractivity contribution in [3.05, 3.63) is 40.9 Å². The van der Waals surface area contributed by atoms with Gasteiger partial charge in [-0.2, -0.15) is 0 Å². The summed E-state index contributed by atoms with van der Waals surface area (Å²) in [7, 11) is 0. The summed E-state index contributed by atoms with van der Waals surface area (Å²) in [6, 6.07) is 7.74. The first-order valence-corrected chi connectivity index (χ1v) is 9.06. The molecule has 128 valence electrons. The van der Waals surface area contributed by atoms with Crippen molar-refractivity contribution in [3.63, 3.8) is 0 Å². The summed E-state index contributed by atoms with van der Waals surface area (Å²) in [4.78, 5) is 16.7. The summed E-state index contributed by atoms with van der Waals surface area (Å²) < 4.78 is 6.21. The van der Waals surface area contributed by atoms with E-state index in [1.807, 2.05) is 24.3 Å². The minimum absolute atomic E-state index is 0.161. The van der Waals surface area contributed by atoms with E-state index in [1.165, 1.54) is 0 Å². The van der Waals surface area contributed by atoms with E-state index in [0.29, 0.717) is 4.91 Å². The quantitative estimate of drug-likeness (QED) is 0.737. The van der Waals surface area contributed by atoms with Crippen LogP contribution < -0.4 is 15.4 Å². The third kappa shape index (κ3) is 3.52. The SMILES string of the molecule is N=C1NC(=O)/C(=C/c2ccc3nccc(OC4CCNCC4)c3c2)S1. The second-order valence-electron chi connectivity index (χ2n) is 6.05. The van der Waals surface area contributed by atoms with Crippen LogP contribution in [-0.4, -0.2) is 35.3 Å². The molecule has 1 amide bonds. The van der Waals surface area contributed by atoms with Crippen LogP contribution in [0.1, 0.15) is 18.4 Å². The Balaban J connectivity index is 1.66. The fourth-order valence-corrected chi connectivity index (χ4v) is 3.72. The zero-order chi connectivity index (χ0) is 17.2. The zero-order valence-corrected chi connectivity index (χ0v) is 14.4. The molecule has 2 aromatic rings. The van der Waals surface area contributed by atoms with Crippen LogP contribution in [0.4, 0.5) is 0 Å². The van der Waals surface area contributed by atoms with E-state index < -0.39 is 0 Å². The average Bonchev–Trinajstić information content (AvgIpc) is 2.93. The summed E-state index contributed by atoms with van der Waals surface area (Å²) in [5, 5.41) is 14.5. The predicted molar refractivity (Wildman–Crippen MR) is 99.7 cm³/mol. The van der Waals surface area contributed by atoms with Gasteiger partial charge in [0.1, 0.15) is 11.9 Å². The van der Waals surface area contributed by atoms with Gasteiger partial charge in [0.2, 0.25) is 0 Å². The van der Waals surface area contributed by atoms with E-state index in [9.17, 15) is 4.79 Å². The summed E-state index contributed by atoms with van der Waals surface area (Å²) in [6.07, 6.45) is 5.75. The Hall–Kier alpha value is -2.38. The number of nitrogens with zero attached hydrogens (tertiary/aromatic N) is 1. The van der Waals surface area contributed by atoms with Gasteiger partial charge in [0.25, 0.3) is 5.91 Å². The maximum absolute atomic E-state index is 11.8. The second-order valence-corrected chi connectivity index (χ2v) is 7.10. The Kier molecular flexibility index (Phi) is 4.42. The number of pyridine rings is 1. The minimum Gasteiger partial charge on any atom is -0.490 e. The van der Waals surface area contributed by atoms with E-state index in [2.05, 4.69) is 15.6 Å². The van der Waals surface area contributed by atoms with Crippen molar-refractivity contribution in [1.82, 2.24) is 15.6 Å². The molecular formula is C18H18N4O2S. The molecule has 0 unspecified atom stereocenters. The predicted octanol–water partition coefficient (Wildman–Crippen LogP) is 2.50. The van der Waals surface area contributed by atoms with E-state index in [1.54, 1.807) is 12.3 Å². The first kappa shape index (κ1) is 16.1. The van der Waals surface area contributed by atoms with E-state index in [4.69, 9.17) is 10.1 Å². The number of amidine groups is 1. The fraction of sp³-hybridized carbons (Fsp3) is 0.278. The third-order valence-corrected chi connectivity index (χ3v) is 5.10. The normalized spacial score (nSPS) is 20.2. The molecule has 2 aliphatic heterocycles. The van der Waals surface area contributed by atoms with Crippen LogP contribution in [0.25, 0.3) is 17.0 Å². The Morgan fingerprint density at radius 2 is 2.12 bits per heavy atom. The number of aromatic nitrogens is 1. The van der Waals surface area contributed by atoms with Crippen molar-refractivity contribution in [3.8, 4) is 5.75 Å². The van der Waals surface area contributed by atoms with Gasteiger partial charge < -0.3 is 15.4 Å². The molecule has 2 saturated heterocycles. The van der Waals surface area contributed by atoms with Crippen LogP contribution in [0.2, 0.25) is 0 Å². The first-order chi connectivity index (χ1) is 12.2. The topological polar surface area (TPSA) is 87.1 Å². The molecule has 3 N–H and O–H groups in total. The van der Waals surface area contributed by atoms with Gasteiger partial charge in [-0.3, -0.25) is 15.2 Å². The lowest BCUT2D eigenvalue weighted by atomic mass is 10.1. The first-order valence-electron chi connectivity index (χ1n) is 8.25. The number of carbonyl (C=O) groups excluding carboxylic acids is 1. The van der Waals surface area contributed by atoms with Gasteiger partial charge in [-0.15, -0.1) is 0 Å². The molecule has 6 nitrogen and oxygen atoms in total. The van der Waals surface area contributed by atoms with Gasteiger partial charge in [-0.1, -0.05) is 6.07 Å². The molecule has 2 fully saturated rings. The molecule has 3 heterocycles. The lowest BCUT2D eigenvalue weighted by molar-refractivity contribution is -0.115. The highest BCUT2D eigenvalue weighted by Crippen LogP contribution is 2.30. The standard InChI is InChI=1S/C18H18N4O2S/c19-18-22-17(23)16(25-18)10-11-1-2-14-13(9-11)15(5-8-21-14)24-12-3-6-20-7-4-12/h1-2,5,8-10,12,20H,3-4,6-7H2,(H2,19,22,23)/b16-10-. The molecular weight excluding hydrogens is 336 g/mol. The van der Waals surface area contributed by atoms with Crippen LogP contribution in [0.15, 0.2) is 35.4 Å². The molecule has 25 heavy (non-hydrogen) atoms. The maximum atomic E-state index is 11.8. The molecule has 2 aliphatic rings. The molecule has 4 rings (SSSR count). The summed E-state index contributed by atoms with van der Waals surface area (Å²) in [5.41, 5.74) is 1.76. The van der Waals surface area contributed by atoms with Crippen molar-refractivity contribution in [2.75, 3.05) is 13.1 Å². The summed E-state index contributed by atoms with van der Waals surface area (Å²) in [6.45, 7) is 1.95. The van der Waals surface area contributed by atoms with Crippen LogP contribution in [0.3, 0.4) is 0 Å². The largest absolute Gasteiger partial charge is 0.490 e. The van der Waals surface area contributed by atoms with Gasteiger partial charge in [0.05, 0.1) is 10.4 Å². The van der Waals surface area contributed by atoms with E-state index >= 15 is 0 Å². The molecule has 0 radical (unpaired) electrons. The smallest absolute Gasteiger partial charge is 0.264 e. The Morgan fingerprint density at radius 1 is 1.28 bits per heavy atom. The van der Waals surface area contributed by atoms with Crippen molar-refractivity contribution in [2.24, 2.45) is 0 Å². The Morgan fingerprint density at radius 3 is 2.88 bits per heavy atom. The summed E-state index contributed by atoms with van der Waals surface area (Å²) >= 11 is 1.14. The van der Waals surface area contributed by atoms with Gasteiger partial charge >= 0.3 is 0 Å². The highest BCUT2D eigenvalue weighted by molar-refractivity contribution is 8.18. The second kappa shape index (κ2) is 6.85. The third-order valence-electron chi connectivity index (χ3n) is 4.27. The van der Waals surface area contributed by atoms with Gasteiger partial charge in [0.15, 0.2) is 5.17 Å². The molecule has 1 aromatic heterocycles. The number of ether oxygens (including phenoxy) is 1. The Labute approximate surface area is 149 Å². The molecule has 0 aliphatic carbocycles. The molecule has 0 saturated carbocycles. The number of nitrogens with one attached hydrogen (secondary N) is 3. The van der Waals surface area contributed by atoms with Gasteiger partial charge in [0, 0.05) is 11.6 Å². The average molecular weight is 354 g/mol. The van der Waals surface area contributed by atoms with Crippen molar-refractivity contribution in [1.29, 1.82) is 5.41 Å². The number of carbonyl (C=O) groups is 1. The highest BCUT2D eigenvalue weighted by atomic mass is 32.2. The molecule has 7 heteroatoms. The summed E-state index contributed by atoms with van der Waals surface area (Å²) in [5.74, 6) is 0.598. The van der Waals surface area contributed by atoms with Crippen molar-refractivity contribution < 1.29 is 9.53 Å². The van der Waals surface area contributed by atoms with Crippen molar-refractivity contribution >= 4 is 39.8 Å². The van der Waals surface area contributed by atoms with Crippen LogP contribution >= 0.6 is 11.8 Å². The molecule has 0 spiro atoms. The number of thioether (sulfide) groups is 1. The zero-order valence-electron chi connectivity index (χ0n) is 13.5. The Bertz CT molecular complexity index is 875. The highest BCUT2D eigenvalue weighted by Gasteiger charge is 2.22. The van der Waals surface area contributed by atoms with Gasteiger partial charge in [-0.25, -0.2) is 0 Å².